The number of hydrogen-bond donors (Lipinski definition) is 1. The molecular formula is C22H29N3O2. The number of nitrogens with one attached hydrogen (secondary N) is 1. The Balaban J connectivity index is 1.60. The number of aryl methyl sites for hydroxylation is 1. The SMILES string of the molecule is CC[C@H](Oc1ccccc1C)C(=O)Nc1ccc(N2CCN(C)CC2)cc1. The van der Waals surface area contributed by atoms with Gasteiger partial charge in [-0.1, -0.05) is 25.1 Å². The summed E-state index contributed by atoms with van der Waals surface area (Å²) in [4.78, 5) is 17.3. The van der Waals surface area contributed by atoms with Gasteiger partial charge in [0.1, 0.15) is 5.75 Å². The van der Waals surface area contributed by atoms with Crippen LogP contribution in [0, 0.1) is 6.92 Å². The molecule has 144 valence electrons. The Labute approximate surface area is 161 Å². The number of benzene rings is 2. The molecule has 0 aliphatic carbocycles. The highest BCUT2D eigenvalue weighted by Crippen LogP contribution is 2.21. The average Bonchev–Trinajstić information content (AvgIpc) is 2.68. The van der Waals surface area contributed by atoms with E-state index >= 15 is 0 Å². The summed E-state index contributed by atoms with van der Waals surface area (Å²) < 4.78 is 5.93. The monoisotopic (exact) mass is 367 g/mol. The van der Waals surface area contributed by atoms with E-state index in [9.17, 15) is 4.79 Å². The van der Waals surface area contributed by atoms with Crippen LogP contribution >= 0.6 is 0 Å². The van der Waals surface area contributed by atoms with Crippen LogP contribution in [0.1, 0.15) is 18.9 Å². The minimum atomic E-state index is -0.511. The highest BCUT2D eigenvalue weighted by Gasteiger charge is 2.19. The van der Waals surface area contributed by atoms with Crippen LogP contribution in [-0.4, -0.2) is 50.1 Å². The van der Waals surface area contributed by atoms with Crippen molar-refractivity contribution in [2.75, 3.05) is 43.4 Å². The zero-order chi connectivity index (χ0) is 19.2. The number of carbonyl (C=O) groups excluding carboxylic acids is 1. The predicted molar refractivity (Wildman–Crippen MR) is 111 cm³/mol. The first kappa shape index (κ1) is 19.2. The van der Waals surface area contributed by atoms with E-state index in [1.54, 1.807) is 0 Å². The molecule has 2 aromatic rings. The Morgan fingerprint density at radius 1 is 1.07 bits per heavy atom. The van der Waals surface area contributed by atoms with Crippen molar-refractivity contribution >= 4 is 17.3 Å². The molecule has 3 rings (SSSR count). The molecular weight excluding hydrogens is 338 g/mol. The van der Waals surface area contributed by atoms with Crippen molar-refractivity contribution in [3.63, 3.8) is 0 Å². The van der Waals surface area contributed by atoms with Gasteiger partial charge in [-0.15, -0.1) is 0 Å². The van der Waals surface area contributed by atoms with Gasteiger partial charge in [-0.05, 0) is 56.3 Å². The molecule has 1 fully saturated rings. The third-order valence-electron chi connectivity index (χ3n) is 5.03. The summed E-state index contributed by atoms with van der Waals surface area (Å²) in [5.74, 6) is 0.637. The average molecular weight is 367 g/mol. The van der Waals surface area contributed by atoms with Crippen LogP contribution in [0.4, 0.5) is 11.4 Å². The zero-order valence-corrected chi connectivity index (χ0v) is 16.4. The lowest BCUT2D eigenvalue weighted by atomic mass is 10.2. The van der Waals surface area contributed by atoms with Crippen molar-refractivity contribution in [1.82, 2.24) is 4.90 Å². The maximum atomic E-state index is 12.6. The van der Waals surface area contributed by atoms with Gasteiger partial charge >= 0.3 is 0 Å². The third-order valence-corrected chi connectivity index (χ3v) is 5.03. The van der Waals surface area contributed by atoms with Gasteiger partial charge < -0.3 is 19.9 Å². The van der Waals surface area contributed by atoms with Crippen molar-refractivity contribution in [2.24, 2.45) is 0 Å². The molecule has 1 atom stereocenters. The van der Waals surface area contributed by atoms with Gasteiger partial charge in [-0.2, -0.15) is 0 Å². The fraction of sp³-hybridized carbons (Fsp3) is 0.409. The minimum absolute atomic E-state index is 0.117. The lowest BCUT2D eigenvalue weighted by molar-refractivity contribution is -0.122. The lowest BCUT2D eigenvalue weighted by Gasteiger charge is -2.34. The zero-order valence-electron chi connectivity index (χ0n) is 16.4. The number of rotatable bonds is 6. The van der Waals surface area contributed by atoms with Crippen LogP contribution in [0.3, 0.4) is 0 Å². The molecule has 5 heteroatoms. The number of piperazine rings is 1. The second-order valence-corrected chi connectivity index (χ2v) is 7.11. The van der Waals surface area contributed by atoms with Gasteiger partial charge in [-0.3, -0.25) is 4.79 Å². The molecule has 2 aromatic carbocycles. The summed E-state index contributed by atoms with van der Waals surface area (Å²) >= 11 is 0. The summed E-state index contributed by atoms with van der Waals surface area (Å²) in [6, 6.07) is 15.8. The fourth-order valence-corrected chi connectivity index (χ4v) is 3.21. The standard InChI is InChI=1S/C22H29N3O2/c1-4-20(27-21-8-6-5-7-17(21)2)22(26)23-18-9-11-19(12-10-18)25-15-13-24(3)14-16-25/h5-12,20H,4,13-16H2,1-3H3,(H,23,26)/t20-/m0/s1. The summed E-state index contributed by atoms with van der Waals surface area (Å²) in [5, 5.41) is 2.98. The van der Waals surface area contributed by atoms with Crippen molar-refractivity contribution in [2.45, 2.75) is 26.4 Å². The van der Waals surface area contributed by atoms with E-state index in [2.05, 4.69) is 34.3 Å². The molecule has 1 saturated heterocycles. The molecule has 0 saturated carbocycles. The number of ether oxygens (including phenoxy) is 1. The number of likely N-dealkylation sites (N-methyl/N-ethyl adjacent to an activating group) is 1. The van der Waals surface area contributed by atoms with E-state index in [1.165, 1.54) is 5.69 Å². The molecule has 27 heavy (non-hydrogen) atoms. The molecule has 1 amide bonds. The molecule has 0 unspecified atom stereocenters. The van der Waals surface area contributed by atoms with Crippen LogP contribution in [0.15, 0.2) is 48.5 Å². The molecule has 5 nitrogen and oxygen atoms in total. The van der Waals surface area contributed by atoms with Crippen LogP contribution < -0.4 is 15.0 Å². The predicted octanol–water partition coefficient (Wildman–Crippen LogP) is 3.54. The molecule has 1 aliphatic heterocycles. The summed E-state index contributed by atoms with van der Waals surface area (Å²) in [5.41, 5.74) is 3.02. The van der Waals surface area contributed by atoms with Gasteiger partial charge in [0, 0.05) is 37.6 Å². The van der Waals surface area contributed by atoms with Gasteiger partial charge in [0.2, 0.25) is 0 Å². The number of para-hydroxylation sites is 1. The van der Waals surface area contributed by atoms with Crippen LogP contribution in [0.25, 0.3) is 0 Å². The lowest BCUT2D eigenvalue weighted by Crippen LogP contribution is -2.44. The molecule has 0 bridgehead atoms. The topological polar surface area (TPSA) is 44.8 Å². The van der Waals surface area contributed by atoms with Gasteiger partial charge in [0.25, 0.3) is 5.91 Å². The molecule has 1 heterocycles. The third kappa shape index (κ3) is 5.01. The van der Waals surface area contributed by atoms with Gasteiger partial charge in [0.15, 0.2) is 6.10 Å². The van der Waals surface area contributed by atoms with Crippen LogP contribution in [-0.2, 0) is 4.79 Å². The van der Waals surface area contributed by atoms with Gasteiger partial charge in [-0.25, -0.2) is 0 Å². The molecule has 1 aliphatic rings. The van der Waals surface area contributed by atoms with Crippen LogP contribution in [0.5, 0.6) is 5.75 Å². The first-order valence-electron chi connectivity index (χ1n) is 9.63. The highest BCUT2D eigenvalue weighted by molar-refractivity contribution is 5.94. The van der Waals surface area contributed by atoms with Crippen molar-refractivity contribution in [3.05, 3.63) is 54.1 Å². The minimum Gasteiger partial charge on any atom is -0.480 e. The Bertz CT molecular complexity index is 752. The second kappa shape index (κ2) is 8.91. The number of nitrogens with zero attached hydrogens (tertiary/aromatic N) is 2. The van der Waals surface area contributed by atoms with Crippen molar-refractivity contribution in [3.8, 4) is 5.75 Å². The van der Waals surface area contributed by atoms with E-state index in [0.717, 1.165) is 43.2 Å². The molecule has 1 N–H and O–H groups in total. The summed E-state index contributed by atoms with van der Waals surface area (Å²) in [6.45, 7) is 8.16. The number of anilines is 2. The first-order valence-corrected chi connectivity index (χ1v) is 9.63. The van der Waals surface area contributed by atoms with E-state index in [1.807, 2.05) is 50.2 Å². The molecule has 0 spiro atoms. The number of hydrogen-bond acceptors (Lipinski definition) is 4. The largest absolute Gasteiger partial charge is 0.480 e. The first-order chi connectivity index (χ1) is 13.1. The summed E-state index contributed by atoms with van der Waals surface area (Å²) in [7, 11) is 2.15. The number of carbonyl (C=O) groups is 1. The van der Waals surface area contributed by atoms with Crippen LogP contribution in [0.2, 0.25) is 0 Å². The number of amides is 1. The Morgan fingerprint density at radius 3 is 2.37 bits per heavy atom. The molecule has 0 aromatic heterocycles. The Kier molecular flexibility index (Phi) is 6.35. The van der Waals surface area contributed by atoms with Gasteiger partial charge in [0.05, 0.1) is 0 Å². The van der Waals surface area contributed by atoms with E-state index in [0.29, 0.717) is 6.42 Å². The highest BCUT2D eigenvalue weighted by atomic mass is 16.5. The van der Waals surface area contributed by atoms with Crippen molar-refractivity contribution in [1.29, 1.82) is 0 Å². The quantitative estimate of drug-likeness (QED) is 0.848. The van der Waals surface area contributed by atoms with E-state index < -0.39 is 6.10 Å². The van der Waals surface area contributed by atoms with E-state index in [4.69, 9.17) is 4.74 Å². The van der Waals surface area contributed by atoms with Crippen molar-refractivity contribution < 1.29 is 9.53 Å². The maximum Gasteiger partial charge on any atom is 0.265 e. The smallest absolute Gasteiger partial charge is 0.265 e. The normalized spacial score (nSPS) is 16.0. The Hall–Kier alpha value is -2.53. The summed E-state index contributed by atoms with van der Waals surface area (Å²) in [6.07, 6.45) is 0.0999. The van der Waals surface area contributed by atoms with E-state index in [-0.39, 0.29) is 5.91 Å². The maximum absolute atomic E-state index is 12.6. The molecule has 0 radical (unpaired) electrons. The second-order valence-electron chi connectivity index (χ2n) is 7.11. The Morgan fingerprint density at radius 2 is 1.74 bits per heavy atom. The fourth-order valence-electron chi connectivity index (χ4n) is 3.21.